The second-order valence-electron chi connectivity index (χ2n) is 42.8. The van der Waals surface area contributed by atoms with E-state index in [2.05, 4.69) is 66.3 Å². The van der Waals surface area contributed by atoms with Crippen molar-refractivity contribution in [2.24, 2.45) is 17.8 Å². The summed E-state index contributed by atoms with van der Waals surface area (Å²) in [6.07, 6.45) is 20.3. The van der Waals surface area contributed by atoms with Crippen LogP contribution in [0.25, 0.3) is 31.3 Å². The van der Waals surface area contributed by atoms with E-state index in [-0.39, 0.29) is 111 Å². The molecule has 2 saturated heterocycles. The smallest absolute Gasteiger partial charge is 0.417 e. The number of aliphatic hydroxyl groups excluding tert-OH is 1. The highest BCUT2D eigenvalue weighted by atomic mass is 32.2. The maximum absolute atomic E-state index is 13.6. The summed E-state index contributed by atoms with van der Waals surface area (Å²) in [6, 6.07) is 19.4. The third-order valence-corrected chi connectivity index (χ3v) is 33.3. The van der Waals surface area contributed by atoms with E-state index in [1.807, 2.05) is 48.5 Å². The van der Waals surface area contributed by atoms with E-state index in [9.17, 15) is 68.9 Å². The Morgan fingerprint density at radius 1 is 0.438 bits per heavy atom. The van der Waals surface area contributed by atoms with Gasteiger partial charge in [-0.05, 0) is 320 Å². The number of alkyl carbamates (subject to hydrolysis) is 3. The number of benzene rings is 4. The van der Waals surface area contributed by atoms with Crippen molar-refractivity contribution in [3.63, 3.8) is 0 Å². The topological polar surface area (TPSA) is 512 Å². The molecule has 11 N–H and O–H groups in total. The van der Waals surface area contributed by atoms with Gasteiger partial charge >= 0.3 is 42.7 Å². The minimum absolute atomic E-state index is 0.0271. The SMILES string of the molecule is CC(C)(C)OC(=O)N1CCC(CO)CC1.CC(C)OC(=O)NC1CCC(c2ncc(-c3ccc(NC(=O)OCC4CCCCC4)cc3S(=O)(=O)NC(C)(C)C)s2)CC1.CC(C)OC(=O)NC1CCC(c2ncc(-c3ccc(NC(=O)OCC4CCNCC4)cc3S(=O)(=O)NC(C)(C)C)s2)CC1.CC(C)OC(=O)NC1CCC(c2ncc(-c3ccc(NC(=O)Oc4ccc([N+](=O)[O-])cc4)cc3S(=O)(=O)NC(C)(C)C)s2)CC1. The Balaban J connectivity index is 0.000000209. The van der Waals surface area contributed by atoms with Gasteiger partial charge in [0.15, 0.2) is 0 Å². The van der Waals surface area contributed by atoms with Crippen LogP contribution in [0.2, 0.25) is 0 Å². The summed E-state index contributed by atoms with van der Waals surface area (Å²) in [5.74, 6) is 1.74. The molecule has 4 aliphatic carbocycles. The standard InChI is InChI=1S/C31H46N4O6S2.C30H37N5O8S2.C30H45N5O6S2.C11H21NO3/c1-20(2)41-30(37)33-23-13-11-22(12-14-23)28-32-18-26(42-28)25-16-15-24(17-27(25)43(38,39)35-31(3,4)5)34-29(36)40-19-21-9-7-6-8-10-21;1-18(2)42-28(36)32-20-8-6-19(7-9-20)27-31-17-25(44-27)24-15-10-21(16-26(24)45(40,41)34-30(3,4)5)33-29(37)43-23-13-11-22(12-14-23)35(38)39;1-19(2)41-29(37)33-22-8-6-21(7-9-22)27-32-17-25(42-27)24-11-10-23(16-26(24)43(38,39)35-30(3,4)5)34-28(36)40-18-20-12-14-31-15-13-20;1-11(2,3)15-10(14)12-6-4-9(8-13)5-7-12/h15-18,20-23,35H,6-14,19H2,1-5H3,(H,33,37)(H,34,36);10-20,34H,6-9H2,1-5H3,(H,32,36)(H,33,37);10-11,16-17,19-22,31,35H,6-9,12-15,18H2,1-5H3,(H,33,37)(H,34,36);9,13H,4-8H2,1-3H3. The number of non-ortho nitro benzene ring substituents is 1. The molecule has 6 aliphatic rings. The largest absolute Gasteiger partial charge is 0.449 e. The van der Waals surface area contributed by atoms with Gasteiger partial charge in [-0.25, -0.2) is 87.9 Å². The second-order valence-corrected chi connectivity index (χ2v) is 51.0. The third-order valence-electron chi connectivity index (χ3n) is 24.3. The number of carbonyl (C=O) groups is 7. The summed E-state index contributed by atoms with van der Waals surface area (Å²) < 4.78 is 127. The van der Waals surface area contributed by atoms with Crippen LogP contribution in [0.1, 0.15) is 292 Å². The predicted octanol–water partition coefficient (Wildman–Crippen LogP) is 21.0. The highest BCUT2D eigenvalue weighted by Crippen LogP contribution is 2.45. The number of nitrogens with zero attached hydrogens (tertiary/aromatic N) is 5. The van der Waals surface area contributed by atoms with Crippen LogP contribution in [0, 0.1) is 27.9 Å². The molecule has 0 radical (unpaired) electrons. The van der Waals surface area contributed by atoms with Crippen LogP contribution in [0.3, 0.4) is 0 Å². The fraction of sp³-hybridized carbons (Fsp3) is 0.608. The van der Waals surface area contributed by atoms with Gasteiger partial charge in [-0.1, -0.05) is 37.5 Å². The first-order valence-electron chi connectivity index (χ1n) is 50.3. The minimum Gasteiger partial charge on any atom is -0.449 e. The molecule has 13 rings (SSSR count). The molecule has 0 bridgehead atoms. The van der Waals surface area contributed by atoms with Crippen molar-refractivity contribution in [1.82, 2.24) is 55.3 Å². The van der Waals surface area contributed by atoms with Gasteiger partial charge in [-0.3, -0.25) is 26.1 Å². The number of aromatic nitrogens is 3. The highest BCUT2D eigenvalue weighted by Gasteiger charge is 2.37. The maximum Gasteiger partial charge on any atom is 0.417 e. The number of thiazole rings is 3. The molecule has 2 aliphatic heterocycles. The van der Waals surface area contributed by atoms with Crippen LogP contribution >= 0.6 is 34.0 Å². The molecule has 146 heavy (non-hydrogen) atoms. The second kappa shape index (κ2) is 53.2. The number of carbonyl (C=O) groups excluding carboxylic acids is 7. The fourth-order valence-corrected chi connectivity index (χ4v) is 26.1. The van der Waals surface area contributed by atoms with Gasteiger partial charge in [-0.2, -0.15) is 0 Å². The monoisotopic (exact) mass is 2140 g/mol. The number of nitrogens with one attached hydrogen (secondary N) is 10. The van der Waals surface area contributed by atoms with Gasteiger partial charge in [0.1, 0.15) is 11.4 Å². The number of anilines is 3. The summed E-state index contributed by atoms with van der Waals surface area (Å²) in [5.41, 5.74) is -0.451. The van der Waals surface area contributed by atoms with Crippen molar-refractivity contribution >= 4 is 129 Å². The molecule has 0 spiro atoms. The first kappa shape index (κ1) is 118. The van der Waals surface area contributed by atoms with Gasteiger partial charge in [-0.15, -0.1) is 34.0 Å². The van der Waals surface area contributed by atoms with Crippen molar-refractivity contribution in [3.8, 4) is 37.1 Å². The quantitative estimate of drug-likeness (QED) is 0.0123. The third kappa shape index (κ3) is 38.7. The average molecular weight is 2150 g/mol. The van der Waals surface area contributed by atoms with Gasteiger partial charge in [0.05, 0.1) is 80.8 Å². The lowest BCUT2D eigenvalue weighted by Crippen LogP contribution is -2.42. The first-order valence-corrected chi connectivity index (χ1v) is 57.2. The summed E-state index contributed by atoms with van der Waals surface area (Å²) in [4.78, 5) is 114. The number of sulfonamides is 3. The number of piperidine rings is 2. The summed E-state index contributed by atoms with van der Waals surface area (Å²) in [7, 11) is -11.9. The van der Waals surface area contributed by atoms with Crippen molar-refractivity contribution in [2.45, 2.75) is 351 Å². The van der Waals surface area contributed by atoms with Crippen molar-refractivity contribution in [1.29, 1.82) is 0 Å². The Bertz CT molecular complexity index is 5660. The van der Waals surface area contributed by atoms with Crippen LogP contribution in [0.5, 0.6) is 5.75 Å². The van der Waals surface area contributed by atoms with Gasteiger partial charge in [0.25, 0.3) is 5.69 Å². The Hall–Kier alpha value is -10.3. The Kier molecular flexibility index (Phi) is 42.9. The van der Waals surface area contributed by atoms with Crippen molar-refractivity contribution < 1.29 is 102 Å². The molecule has 0 unspecified atom stereocenters. The molecule has 4 saturated carbocycles. The Morgan fingerprint density at radius 3 is 1.08 bits per heavy atom. The number of hydrogen-bond acceptors (Lipinski definition) is 30. The van der Waals surface area contributed by atoms with E-state index in [1.165, 1.54) is 82.9 Å². The molecule has 6 fully saturated rings. The van der Waals surface area contributed by atoms with Crippen LogP contribution in [0.15, 0.2) is 112 Å². The normalized spacial score (nSPS) is 19.0. The number of aliphatic hydroxyl groups is 1. The molecule has 7 amide bonds. The number of amides is 7. The first-order chi connectivity index (χ1) is 68.6. The molecule has 0 atom stereocenters. The van der Waals surface area contributed by atoms with Crippen LogP contribution < -0.4 is 56.1 Å². The Labute approximate surface area is 870 Å². The molecule has 4 aromatic carbocycles. The summed E-state index contributed by atoms with van der Waals surface area (Å²) in [6.45, 7) is 36.5. The van der Waals surface area contributed by atoms with Crippen molar-refractivity contribution in [2.75, 3.05) is 62.0 Å². The van der Waals surface area contributed by atoms with Crippen LogP contribution in [0.4, 0.5) is 56.3 Å². The van der Waals surface area contributed by atoms with Gasteiger partial charge < -0.3 is 64.4 Å². The zero-order valence-corrected chi connectivity index (χ0v) is 92.0. The van der Waals surface area contributed by atoms with Crippen LogP contribution in [-0.2, 0) is 58.5 Å². The molecular formula is C102H149N15O23S6. The fourth-order valence-electron chi connectivity index (χ4n) is 17.6. The Morgan fingerprint density at radius 2 is 0.767 bits per heavy atom. The summed E-state index contributed by atoms with van der Waals surface area (Å²) >= 11 is 4.37. The minimum atomic E-state index is -4.05. The van der Waals surface area contributed by atoms with Crippen molar-refractivity contribution in [3.05, 3.63) is 123 Å². The van der Waals surface area contributed by atoms with E-state index < -0.39 is 81.6 Å². The number of hydrogen-bond donors (Lipinski definition) is 11. The average Bonchev–Trinajstić information content (AvgIpc) is 1.37. The predicted molar refractivity (Wildman–Crippen MR) is 565 cm³/mol. The lowest BCUT2D eigenvalue weighted by Gasteiger charge is -2.32. The number of nitro benzene ring substituents is 1. The van der Waals surface area contributed by atoms with E-state index in [0.717, 1.165) is 166 Å². The lowest BCUT2D eigenvalue weighted by atomic mass is 9.86. The highest BCUT2D eigenvalue weighted by molar-refractivity contribution is 7.90. The van der Waals surface area contributed by atoms with E-state index in [1.54, 1.807) is 136 Å². The number of likely N-dealkylation sites (tertiary alicyclic amines) is 1. The molecule has 38 nitrogen and oxygen atoms in total. The van der Waals surface area contributed by atoms with E-state index in [4.69, 9.17) is 38.3 Å². The number of ether oxygens (including phenoxy) is 7. The molecular weight excluding hydrogens is 2000 g/mol. The number of rotatable bonds is 28. The molecule has 44 heteroatoms. The van der Waals surface area contributed by atoms with Gasteiger partial charge in [0, 0.05) is 137 Å². The van der Waals surface area contributed by atoms with E-state index >= 15 is 0 Å². The lowest BCUT2D eigenvalue weighted by molar-refractivity contribution is -0.384. The zero-order valence-electron chi connectivity index (χ0n) is 87.1. The van der Waals surface area contributed by atoms with Gasteiger partial charge in [0.2, 0.25) is 30.1 Å². The maximum atomic E-state index is 13.6. The van der Waals surface area contributed by atoms with Crippen LogP contribution in [-0.4, -0.2) is 202 Å². The zero-order chi connectivity index (χ0) is 107. The molecule has 5 heterocycles. The molecule has 3 aromatic heterocycles. The van der Waals surface area contributed by atoms with E-state index in [0.29, 0.717) is 77.0 Å². The molecule has 7 aromatic rings. The number of nitro groups is 1. The summed E-state index contributed by atoms with van der Waals surface area (Å²) in [5, 5.41) is 42.6. The molecule has 806 valence electrons.